The van der Waals surface area contributed by atoms with Crippen LogP contribution in [0.15, 0.2) is 30.7 Å². The lowest BCUT2D eigenvalue weighted by atomic mass is 10.0. The van der Waals surface area contributed by atoms with Crippen molar-refractivity contribution in [3.63, 3.8) is 0 Å². The maximum absolute atomic E-state index is 12.6. The van der Waals surface area contributed by atoms with Crippen LogP contribution in [0.2, 0.25) is 0 Å². The van der Waals surface area contributed by atoms with Crippen molar-refractivity contribution in [1.82, 2.24) is 20.2 Å². The number of amides is 3. The van der Waals surface area contributed by atoms with E-state index in [0.717, 1.165) is 16.8 Å². The molecule has 1 aromatic heterocycles. The largest absolute Gasteiger partial charge is 0.490 e. The summed E-state index contributed by atoms with van der Waals surface area (Å²) in [4.78, 5) is 53.3. The van der Waals surface area contributed by atoms with Crippen LogP contribution in [0.3, 0.4) is 0 Å². The van der Waals surface area contributed by atoms with Gasteiger partial charge in [0.25, 0.3) is 5.91 Å². The van der Waals surface area contributed by atoms with E-state index in [1.54, 1.807) is 23.5 Å². The topological polar surface area (TPSA) is 132 Å². The molecule has 0 spiro atoms. The number of alkyl halides is 3. The van der Waals surface area contributed by atoms with Gasteiger partial charge >= 0.3 is 12.1 Å². The second-order valence-corrected chi connectivity index (χ2v) is 6.54. The first kappa shape index (κ1) is 21.0. The minimum absolute atomic E-state index is 0.161. The van der Waals surface area contributed by atoms with Gasteiger partial charge in [-0.3, -0.25) is 19.7 Å². The number of aliphatic carboxylic acids is 1. The van der Waals surface area contributed by atoms with Crippen LogP contribution in [-0.2, 0) is 20.9 Å². The summed E-state index contributed by atoms with van der Waals surface area (Å²) < 4.78 is 31.7. The normalized spacial score (nSPS) is 18.4. The highest BCUT2D eigenvalue weighted by atomic mass is 19.4. The van der Waals surface area contributed by atoms with Crippen LogP contribution in [0.1, 0.15) is 28.8 Å². The minimum Gasteiger partial charge on any atom is -0.475 e. The van der Waals surface area contributed by atoms with Crippen LogP contribution >= 0.6 is 0 Å². The Labute approximate surface area is 166 Å². The molecule has 3 heterocycles. The molecular weight excluding hydrogens is 409 g/mol. The van der Waals surface area contributed by atoms with Gasteiger partial charge in [-0.1, -0.05) is 6.07 Å². The molecule has 30 heavy (non-hydrogen) atoms. The molecule has 2 aliphatic rings. The van der Waals surface area contributed by atoms with E-state index >= 15 is 0 Å². The molecule has 1 unspecified atom stereocenters. The summed E-state index contributed by atoms with van der Waals surface area (Å²) in [6.45, 7) is 0.377. The predicted molar refractivity (Wildman–Crippen MR) is 93.8 cm³/mol. The fourth-order valence-electron chi connectivity index (χ4n) is 3.16. The number of hydrogen-bond acceptors (Lipinski definition) is 5. The number of fused-ring (bicyclic) bond motifs is 1. The molecule has 2 aromatic rings. The van der Waals surface area contributed by atoms with E-state index in [0.29, 0.717) is 18.5 Å². The van der Waals surface area contributed by atoms with Crippen molar-refractivity contribution in [2.75, 3.05) is 0 Å². The molecule has 1 fully saturated rings. The molecule has 9 nitrogen and oxygen atoms in total. The first-order chi connectivity index (χ1) is 14.1. The van der Waals surface area contributed by atoms with Gasteiger partial charge in [0.15, 0.2) is 0 Å². The molecule has 1 atom stereocenters. The van der Waals surface area contributed by atoms with E-state index in [9.17, 15) is 27.6 Å². The van der Waals surface area contributed by atoms with Crippen molar-refractivity contribution in [1.29, 1.82) is 0 Å². The number of nitrogens with zero attached hydrogens (tertiary/aromatic N) is 2. The minimum atomic E-state index is -5.08. The molecule has 0 saturated carbocycles. The monoisotopic (exact) mass is 424 g/mol. The smallest absolute Gasteiger partial charge is 0.475 e. The Kier molecular flexibility index (Phi) is 5.58. The number of aromatic nitrogens is 2. The summed E-state index contributed by atoms with van der Waals surface area (Å²) in [7, 11) is 0. The van der Waals surface area contributed by atoms with Crippen LogP contribution in [0, 0.1) is 0 Å². The average molecular weight is 424 g/mol. The zero-order chi connectivity index (χ0) is 22.1. The Hall–Kier alpha value is -3.70. The van der Waals surface area contributed by atoms with Gasteiger partial charge in [-0.25, -0.2) is 9.78 Å². The van der Waals surface area contributed by atoms with E-state index < -0.39 is 24.1 Å². The number of benzene rings is 1. The number of carboxylic acids is 1. The van der Waals surface area contributed by atoms with Crippen LogP contribution in [0.4, 0.5) is 13.2 Å². The highest BCUT2D eigenvalue weighted by molar-refractivity contribution is 6.05. The number of H-pyrrole nitrogens is 1. The summed E-state index contributed by atoms with van der Waals surface area (Å²) in [6, 6.07) is 4.99. The summed E-state index contributed by atoms with van der Waals surface area (Å²) in [5.74, 6) is -3.59. The van der Waals surface area contributed by atoms with Crippen LogP contribution < -0.4 is 5.32 Å². The van der Waals surface area contributed by atoms with Gasteiger partial charge < -0.3 is 15.0 Å². The average Bonchev–Trinajstić information content (AvgIpc) is 3.30. The number of piperidine rings is 1. The molecule has 0 radical (unpaired) electrons. The highest BCUT2D eigenvalue weighted by Crippen LogP contribution is 2.30. The summed E-state index contributed by atoms with van der Waals surface area (Å²) in [5.41, 5.74) is 3.31. The molecule has 1 saturated heterocycles. The van der Waals surface area contributed by atoms with Crippen LogP contribution in [-0.4, -0.2) is 55.9 Å². The third-order valence-corrected chi connectivity index (χ3v) is 4.58. The SMILES string of the molecule is O=C(O)C(F)(F)F.O=C1CCC(N2Cc3cc(-c4cnc[nH]4)ccc3C2=O)C(=O)N1. The fraction of sp³-hybridized carbons (Fsp3) is 0.278. The fourth-order valence-corrected chi connectivity index (χ4v) is 3.16. The van der Waals surface area contributed by atoms with Gasteiger partial charge in [-0.2, -0.15) is 13.2 Å². The van der Waals surface area contributed by atoms with E-state index in [-0.39, 0.29) is 18.2 Å². The maximum Gasteiger partial charge on any atom is 0.490 e. The molecule has 0 bridgehead atoms. The van der Waals surface area contributed by atoms with Crippen molar-refractivity contribution >= 4 is 23.7 Å². The van der Waals surface area contributed by atoms with Gasteiger partial charge in [-0.05, 0) is 29.7 Å². The lowest BCUT2D eigenvalue weighted by molar-refractivity contribution is -0.192. The van der Waals surface area contributed by atoms with Crippen molar-refractivity contribution < 1.29 is 37.5 Å². The molecule has 4 rings (SSSR count). The molecule has 3 amide bonds. The number of imide groups is 1. The third-order valence-electron chi connectivity index (χ3n) is 4.58. The van der Waals surface area contributed by atoms with Gasteiger partial charge in [0.2, 0.25) is 11.8 Å². The Morgan fingerprint density at radius 1 is 1.23 bits per heavy atom. The van der Waals surface area contributed by atoms with E-state index in [2.05, 4.69) is 15.3 Å². The maximum atomic E-state index is 12.6. The van der Waals surface area contributed by atoms with E-state index in [1.165, 1.54) is 0 Å². The zero-order valence-electron chi connectivity index (χ0n) is 15.2. The van der Waals surface area contributed by atoms with Crippen molar-refractivity contribution in [3.05, 3.63) is 41.9 Å². The molecule has 2 aliphatic heterocycles. The van der Waals surface area contributed by atoms with Gasteiger partial charge in [0, 0.05) is 18.5 Å². The number of rotatable bonds is 2. The Balaban J connectivity index is 0.000000318. The Morgan fingerprint density at radius 3 is 2.50 bits per heavy atom. The standard InChI is InChI=1S/C16H14N4O3.C2HF3O2/c21-14-4-3-13(15(22)19-14)20-7-10-5-9(12-6-17-8-18-12)1-2-11(10)16(20)23;3-2(4,5)1(6)7/h1-2,5-6,8,13H,3-4,7H2,(H,17,18)(H,19,21,22);(H,6,7). The number of nitrogens with one attached hydrogen (secondary N) is 2. The van der Waals surface area contributed by atoms with Gasteiger partial charge in [-0.15, -0.1) is 0 Å². The number of imidazole rings is 1. The van der Waals surface area contributed by atoms with Crippen molar-refractivity contribution in [2.45, 2.75) is 31.6 Å². The Morgan fingerprint density at radius 2 is 1.93 bits per heavy atom. The lowest BCUT2D eigenvalue weighted by Crippen LogP contribution is -2.52. The zero-order valence-corrected chi connectivity index (χ0v) is 15.2. The third kappa shape index (κ3) is 4.31. The first-order valence-electron chi connectivity index (χ1n) is 8.64. The van der Waals surface area contributed by atoms with Crippen molar-refractivity contribution in [2.24, 2.45) is 0 Å². The quantitative estimate of drug-likeness (QED) is 0.626. The summed E-state index contributed by atoms with van der Waals surface area (Å²) in [5, 5.41) is 9.43. The second-order valence-electron chi connectivity index (χ2n) is 6.54. The number of halogens is 3. The van der Waals surface area contributed by atoms with Crippen LogP contribution in [0.25, 0.3) is 11.3 Å². The molecule has 0 aliphatic carbocycles. The van der Waals surface area contributed by atoms with Gasteiger partial charge in [0.1, 0.15) is 6.04 Å². The summed E-state index contributed by atoms with van der Waals surface area (Å²) >= 11 is 0. The summed E-state index contributed by atoms with van der Waals surface area (Å²) in [6.07, 6.45) is -1.13. The van der Waals surface area contributed by atoms with Crippen molar-refractivity contribution in [3.8, 4) is 11.3 Å². The predicted octanol–water partition coefficient (Wildman–Crippen LogP) is 1.47. The molecule has 12 heteroatoms. The van der Waals surface area contributed by atoms with E-state index in [4.69, 9.17) is 9.90 Å². The second kappa shape index (κ2) is 7.97. The van der Waals surface area contributed by atoms with Crippen LogP contribution in [0.5, 0.6) is 0 Å². The molecule has 3 N–H and O–H groups in total. The first-order valence-corrected chi connectivity index (χ1v) is 8.64. The Bertz CT molecular complexity index is 1000. The van der Waals surface area contributed by atoms with E-state index in [1.807, 2.05) is 12.1 Å². The number of carbonyl (C=O) groups excluding carboxylic acids is 3. The molecule has 1 aromatic carbocycles. The highest BCUT2D eigenvalue weighted by Gasteiger charge is 2.39. The molecule has 158 valence electrons. The number of carbonyl (C=O) groups is 4. The number of carboxylic acid groups (broad SMARTS) is 1. The lowest BCUT2D eigenvalue weighted by Gasteiger charge is -2.29. The van der Waals surface area contributed by atoms with Gasteiger partial charge in [0.05, 0.1) is 18.2 Å². The molecular formula is C18H15F3N4O5. The number of aromatic amines is 1. The number of hydrogen-bond donors (Lipinski definition) is 3.